The molecule has 18 heavy (non-hydrogen) atoms. The summed E-state index contributed by atoms with van der Waals surface area (Å²) in [5.74, 6) is -0.298. The van der Waals surface area contributed by atoms with E-state index >= 15 is 0 Å². The van der Waals surface area contributed by atoms with Crippen LogP contribution >= 0.6 is 12.4 Å². The number of rotatable bonds is 4. The van der Waals surface area contributed by atoms with Crippen molar-refractivity contribution >= 4 is 24.2 Å². The Hall–Kier alpha value is -0.850. The van der Waals surface area contributed by atoms with E-state index in [2.05, 4.69) is 16.0 Å². The number of halogens is 1. The molecule has 1 aliphatic heterocycles. The minimum atomic E-state index is -0.363. The number of ether oxygens (including phenoxy) is 1. The summed E-state index contributed by atoms with van der Waals surface area (Å²) in [6, 6.07) is -0.0352. The summed E-state index contributed by atoms with van der Waals surface area (Å²) in [5, 5.41) is 8.52. The number of hydrogen-bond acceptors (Lipinski definition) is 4. The molecule has 0 bridgehead atoms. The lowest BCUT2D eigenvalue weighted by atomic mass is 10.1. The summed E-state index contributed by atoms with van der Waals surface area (Å²) in [5.41, 5.74) is 0. The van der Waals surface area contributed by atoms with E-state index in [1.54, 1.807) is 0 Å². The minimum Gasteiger partial charge on any atom is -0.375 e. The van der Waals surface area contributed by atoms with Crippen LogP contribution in [-0.4, -0.2) is 49.7 Å². The Balaban J connectivity index is 0.00000162. The smallest absolute Gasteiger partial charge is 0.240 e. The highest BCUT2D eigenvalue weighted by molar-refractivity contribution is 5.88. The number of nitrogens with one attached hydrogen (secondary N) is 3. The summed E-state index contributed by atoms with van der Waals surface area (Å²) < 4.78 is 5.37. The quantitative estimate of drug-likeness (QED) is 0.627. The van der Waals surface area contributed by atoms with Gasteiger partial charge in [-0.3, -0.25) is 9.59 Å². The van der Waals surface area contributed by atoms with Gasteiger partial charge in [-0.05, 0) is 19.8 Å². The second-order valence-electron chi connectivity index (χ2n) is 4.57. The largest absolute Gasteiger partial charge is 0.375 e. The highest BCUT2D eigenvalue weighted by Crippen LogP contribution is 2.18. The number of hydrogen-bond donors (Lipinski definition) is 3. The molecule has 6 nitrogen and oxygen atoms in total. The summed E-state index contributed by atoms with van der Waals surface area (Å²) in [4.78, 5) is 23.2. The van der Waals surface area contributed by atoms with Crippen molar-refractivity contribution in [1.82, 2.24) is 16.0 Å². The number of amides is 2. The van der Waals surface area contributed by atoms with Crippen LogP contribution in [0.5, 0.6) is 0 Å². The van der Waals surface area contributed by atoms with Crippen LogP contribution in [0.1, 0.15) is 19.8 Å². The van der Waals surface area contributed by atoms with E-state index in [1.165, 1.54) is 0 Å². The third-order valence-electron chi connectivity index (χ3n) is 2.96. The summed E-state index contributed by atoms with van der Waals surface area (Å²) >= 11 is 0. The minimum absolute atomic E-state index is 0. The molecule has 0 radical (unpaired) electrons. The summed E-state index contributed by atoms with van der Waals surface area (Å²) in [6.45, 7) is 3.17. The fourth-order valence-electron chi connectivity index (χ4n) is 1.81. The molecule has 1 saturated carbocycles. The molecule has 2 amide bonds. The van der Waals surface area contributed by atoms with E-state index in [9.17, 15) is 9.59 Å². The molecule has 2 rings (SSSR count). The van der Waals surface area contributed by atoms with E-state index in [0.717, 1.165) is 12.8 Å². The molecule has 0 aromatic rings. The van der Waals surface area contributed by atoms with Gasteiger partial charge in [0.05, 0.1) is 19.3 Å². The second-order valence-corrected chi connectivity index (χ2v) is 4.57. The van der Waals surface area contributed by atoms with Crippen molar-refractivity contribution in [3.05, 3.63) is 0 Å². The van der Waals surface area contributed by atoms with Crippen LogP contribution in [-0.2, 0) is 14.3 Å². The van der Waals surface area contributed by atoms with Gasteiger partial charge in [0.2, 0.25) is 11.8 Å². The number of carbonyl (C=O) groups is 2. The molecule has 0 aromatic carbocycles. The van der Waals surface area contributed by atoms with Gasteiger partial charge in [-0.2, -0.15) is 0 Å². The molecule has 2 aliphatic rings. The molecule has 2 atom stereocenters. The van der Waals surface area contributed by atoms with Crippen LogP contribution in [0, 0.1) is 0 Å². The zero-order valence-corrected chi connectivity index (χ0v) is 11.2. The van der Waals surface area contributed by atoms with Crippen LogP contribution in [0.2, 0.25) is 0 Å². The van der Waals surface area contributed by atoms with Gasteiger partial charge >= 0.3 is 0 Å². The summed E-state index contributed by atoms with van der Waals surface area (Å²) in [6.07, 6.45) is 1.94. The van der Waals surface area contributed by atoms with Gasteiger partial charge in [0.1, 0.15) is 6.04 Å². The maximum Gasteiger partial charge on any atom is 0.240 e. The Morgan fingerprint density at radius 1 is 1.39 bits per heavy atom. The lowest BCUT2D eigenvalue weighted by molar-refractivity contribution is -0.131. The fraction of sp³-hybridized carbons (Fsp3) is 0.818. The molecule has 1 saturated heterocycles. The molecule has 1 aliphatic carbocycles. The Morgan fingerprint density at radius 3 is 2.72 bits per heavy atom. The molecular weight excluding hydrogens is 258 g/mol. The molecule has 3 N–H and O–H groups in total. The normalized spacial score (nSPS) is 26.9. The van der Waals surface area contributed by atoms with Crippen molar-refractivity contribution in [3.8, 4) is 0 Å². The predicted molar refractivity (Wildman–Crippen MR) is 68.6 cm³/mol. The zero-order chi connectivity index (χ0) is 12.3. The molecule has 0 spiro atoms. The molecule has 0 unspecified atom stereocenters. The van der Waals surface area contributed by atoms with Crippen molar-refractivity contribution < 1.29 is 14.3 Å². The Bertz CT molecular complexity index is 310. The van der Waals surface area contributed by atoms with Gasteiger partial charge in [-0.1, -0.05) is 0 Å². The van der Waals surface area contributed by atoms with Crippen LogP contribution in [0.3, 0.4) is 0 Å². The number of carbonyl (C=O) groups excluding carboxylic acids is 2. The van der Waals surface area contributed by atoms with Crippen LogP contribution in [0.15, 0.2) is 0 Å². The molecule has 104 valence electrons. The summed E-state index contributed by atoms with van der Waals surface area (Å²) in [7, 11) is 0. The molecule has 0 aromatic heterocycles. The van der Waals surface area contributed by atoms with E-state index in [-0.39, 0.29) is 42.9 Å². The first-order valence-electron chi connectivity index (χ1n) is 6.09. The van der Waals surface area contributed by atoms with Crippen LogP contribution in [0.25, 0.3) is 0 Å². The fourth-order valence-corrected chi connectivity index (χ4v) is 1.81. The maximum absolute atomic E-state index is 11.8. The topological polar surface area (TPSA) is 79.5 Å². The zero-order valence-electron chi connectivity index (χ0n) is 10.4. The first-order chi connectivity index (χ1) is 8.16. The molecule has 2 fully saturated rings. The molecule has 1 heterocycles. The van der Waals surface area contributed by atoms with Gasteiger partial charge in [0, 0.05) is 12.6 Å². The van der Waals surface area contributed by atoms with E-state index in [4.69, 9.17) is 4.74 Å². The van der Waals surface area contributed by atoms with E-state index in [1.807, 2.05) is 6.92 Å². The van der Waals surface area contributed by atoms with Crippen LogP contribution < -0.4 is 16.0 Å². The van der Waals surface area contributed by atoms with E-state index < -0.39 is 0 Å². The standard InChI is InChI=1S/C11H19N3O3.ClH/c1-7-10(12-4-5-17-7)11(16)13-6-9(15)14-8-2-3-8;/h7-8,10,12H,2-6H2,1H3,(H,13,16)(H,14,15);1H/t7-,10+;/m1./s1. The first kappa shape index (κ1) is 15.2. The third-order valence-corrected chi connectivity index (χ3v) is 2.96. The highest BCUT2D eigenvalue weighted by atomic mass is 35.5. The SMILES string of the molecule is C[C@H]1OCCN[C@@H]1C(=O)NCC(=O)NC1CC1.Cl. The van der Waals surface area contributed by atoms with Gasteiger partial charge < -0.3 is 20.7 Å². The Labute approximate surface area is 113 Å². The second kappa shape index (κ2) is 6.92. The maximum atomic E-state index is 11.8. The van der Waals surface area contributed by atoms with E-state index in [0.29, 0.717) is 19.2 Å². The highest BCUT2D eigenvalue weighted by Gasteiger charge is 2.29. The average molecular weight is 278 g/mol. The van der Waals surface area contributed by atoms with Gasteiger partial charge in [0.15, 0.2) is 0 Å². The Morgan fingerprint density at radius 2 is 2.11 bits per heavy atom. The van der Waals surface area contributed by atoms with Crippen LogP contribution in [0.4, 0.5) is 0 Å². The molecule has 7 heteroatoms. The Kier molecular flexibility index (Phi) is 5.84. The van der Waals surface area contributed by atoms with Gasteiger partial charge in [-0.15, -0.1) is 12.4 Å². The third kappa shape index (κ3) is 4.44. The van der Waals surface area contributed by atoms with Crippen molar-refractivity contribution in [1.29, 1.82) is 0 Å². The lowest BCUT2D eigenvalue weighted by Crippen LogP contribution is -2.56. The first-order valence-corrected chi connectivity index (χ1v) is 6.09. The van der Waals surface area contributed by atoms with Crippen molar-refractivity contribution in [2.75, 3.05) is 19.7 Å². The van der Waals surface area contributed by atoms with Crippen molar-refractivity contribution in [2.45, 2.75) is 38.0 Å². The average Bonchev–Trinajstić information content (AvgIpc) is 3.10. The van der Waals surface area contributed by atoms with Crippen molar-refractivity contribution in [2.24, 2.45) is 0 Å². The predicted octanol–water partition coefficient (Wildman–Crippen LogP) is -0.820. The number of morpholine rings is 1. The molecular formula is C11H20ClN3O3. The monoisotopic (exact) mass is 277 g/mol. The van der Waals surface area contributed by atoms with Gasteiger partial charge in [0.25, 0.3) is 0 Å². The lowest BCUT2D eigenvalue weighted by Gasteiger charge is -2.29. The van der Waals surface area contributed by atoms with Gasteiger partial charge in [-0.25, -0.2) is 0 Å². The van der Waals surface area contributed by atoms with Crippen molar-refractivity contribution in [3.63, 3.8) is 0 Å².